The fourth-order valence-electron chi connectivity index (χ4n) is 5.60. The van der Waals surface area contributed by atoms with Gasteiger partial charge in [-0.15, -0.1) is 0 Å². The summed E-state index contributed by atoms with van der Waals surface area (Å²) in [5.41, 5.74) is 1.15. The van der Waals surface area contributed by atoms with Gasteiger partial charge in [-0.05, 0) is 83.2 Å². The Balaban J connectivity index is 1.34. The molecule has 2 aromatic carbocycles. The van der Waals surface area contributed by atoms with Gasteiger partial charge in [-0.2, -0.15) is 4.31 Å². The van der Waals surface area contributed by atoms with Crippen molar-refractivity contribution in [1.29, 1.82) is 0 Å². The van der Waals surface area contributed by atoms with Crippen LogP contribution in [-0.2, 0) is 35.5 Å². The zero-order valence-corrected chi connectivity index (χ0v) is 27.6. The summed E-state index contributed by atoms with van der Waals surface area (Å²) in [6, 6.07) is 11.8. The third-order valence-corrected chi connectivity index (χ3v) is 9.88. The van der Waals surface area contributed by atoms with Crippen LogP contribution in [0.4, 0.5) is 4.79 Å². The van der Waals surface area contributed by atoms with Gasteiger partial charge in [-0.25, -0.2) is 18.0 Å². The van der Waals surface area contributed by atoms with Gasteiger partial charge in [0.05, 0.1) is 18.6 Å². The first-order valence-corrected chi connectivity index (χ1v) is 16.9. The van der Waals surface area contributed by atoms with Crippen molar-refractivity contribution >= 4 is 28.0 Å². The molecule has 0 spiro atoms. The number of ether oxygens (including phenoxy) is 3. The lowest BCUT2D eigenvalue weighted by molar-refractivity contribution is -0.145. The van der Waals surface area contributed by atoms with Crippen molar-refractivity contribution in [3.05, 3.63) is 59.7 Å². The number of nitrogens with zero attached hydrogens (tertiary/aromatic N) is 2. The number of amides is 2. The molecular weight excluding hydrogens is 598 g/mol. The first-order chi connectivity index (χ1) is 21.3. The van der Waals surface area contributed by atoms with Crippen LogP contribution in [0.15, 0.2) is 53.4 Å². The van der Waals surface area contributed by atoms with Gasteiger partial charge in [0.2, 0.25) is 15.9 Å². The molecular formula is C33H45N3O8S. The lowest BCUT2D eigenvalue weighted by atomic mass is 9.99. The molecule has 2 heterocycles. The summed E-state index contributed by atoms with van der Waals surface area (Å²) in [4.78, 5) is 40.4. The topological polar surface area (TPSA) is 132 Å². The quantitative estimate of drug-likeness (QED) is 0.384. The van der Waals surface area contributed by atoms with Crippen molar-refractivity contribution < 1.29 is 37.0 Å². The van der Waals surface area contributed by atoms with E-state index in [0.717, 1.165) is 24.0 Å². The van der Waals surface area contributed by atoms with Crippen LogP contribution in [0, 0.1) is 12.8 Å². The largest absolute Gasteiger partial charge is 0.493 e. The third kappa shape index (κ3) is 9.20. The number of carbonyl (C=O) groups is 3. The van der Waals surface area contributed by atoms with Crippen LogP contribution < -0.4 is 10.1 Å². The number of rotatable bonds is 10. The Labute approximate surface area is 266 Å². The number of sulfonamides is 1. The van der Waals surface area contributed by atoms with Gasteiger partial charge in [0, 0.05) is 32.0 Å². The van der Waals surface area contributed by atoms with Gasteiger partial charge in [0.1, 0.15) is 23.4 Å². The number of benzene rings is 2. The minimum absolute atomic E-state index is 0.128. The van der Waals surface area contributed by atoms with Crippen LogP contribution in [0.3, 0.4) is 0 Å². The SMILES string of the molecule is COC(=O)[C@H](Cc1ccc(OCC2CCCN(C(=O)OC(C)(C)C)C2)cc1)NC(=O)[C@@H]1CCCN1S(=O)(=O)c1ccc(C)cc1. The molecule has 1 N–H and O–H groups in total. The van der Waals surface area contributed by atoms with Gasteiger partial charge in [-0.3, -0.25) is 4.79 Å². The number of carbonyl (C=O) groups excluding carboxylic acids is 3. The second kappa shape index (κ2) is 14.6. The number of nitrogens with one attached hydrogen (secondary N) is 1. The van der Waals surface area contributed by atoms with Crippen molar-refractivity contribution in [1.82, 2.24) is 14.5 Å². The maximum atomic E-state index is 13.4. The van der Waals surface area contributed by atoms with Gasteiger partial charge in [0.25, 0.3) is 0 Å². The molecule has 2 aliphatic heterocycles. The summed E-state index contributed by atoms with van der Waals surface area (Å²) >= 11 is 0. The van der Waals surface area contributed by atoms with E-state index in [0.29, 0.717) is 38.3 Å². The molecule has 0 aromatic heterocycles. The lowest BCUT2D eigenvalue weighted by Gasteiger charge is -2.34. The molecule has 4 rings (SSSR count). The molecule has 2 fully saturated rings. The van der Waals surface area contributed by atoms with Crippen molar-refractivity contribution in [2.24, 2.45) is 5.92 Å². The summed E-state index contributed by atoms with van der Waals surface area (Å²) in [6.45, 7) is 9.33. The third-order valence-electron chi connectivity index (χ3n) is 7.96. The molecule has 11 nitrogen and oxygen atoms in total. The van der Waals surface area contributed by atoms with E-state index >= 15 is 0 Å². The minimum Gasteiger partial charge on any atom is -0.493 e. The number of piperidine rings is 1. The second-order valence-electron chi connectivity index (χ2n) is 12.8. The van der Waals surface area contributed by atoms with E-state index in [-0.39, 0.29) is 29.9 Å². The monoisotopic (exact) mass is 643 g/mol. The van der Waals surface area contributed by atoms with Crippen molar-refractivity contribution in [2.45, 2.75) is 82.4 Å². The molecule has 0 saturated carbocycles. The normalized spacial score (nSPS) is 19.9. The van der Waals surface area contributed by atoms with Gasteiger partial charge in [-0.1, -0.05) is 29.8 Å². The Kier molecular flexibility index (Phi) is 11.1. The molecule has 3 atom stereocenters. The smallest absolute Gasteiger partial charge is 0.410 e. The highest BCUT2D eigenvalue weighted by molar-refractivity contribution is 7.89. The van der Waals surface area contributed by atoms with Gasteiger partial charge >= 0.3 is 12.1 Å². The zero-order chi connectivity index (χ0) is 32.8. The average Bonchev–Trinajstić information content (AvgIpc) is 3.51. The van der Waals surface area contributed by atoms with Crippen LogP contribution in [0.25, 0.3) is 0 Å². The van der Waals surface area contributed by atoms with E-state index in [9.17, 15) is 22.8 Å². The number of hydrogen-bond acceptors (Lipinski definition) is 8. The maximum Gasteiger partial charge on any atom is 0.410 e. The molecule has 246 valence electrons. The van der Waals surface area contributed by atoms with Crippen molar-refractivity contribution in [3.8, 4) is 5.75 Å². The molecule has 0 bridgehead atoms. The summed E-state index contributed by atoms with van der Waals surface area (Å²) in [5.74, 6) is -0.336. The number of esters is 1. The average molecular weight is 644 g/mol. The Bertz CT molecular complexity index is 1440. The molecule has 2 saturated heterocycles. The van der Waals surface area contributed by atoms with E-state index in [4.69, 9.17) is 14.2 Å². The van der Waals surface area contributed by atoms with Crippen LogP contribution >= 0.6 is 0 Å². The van der Waals surface area contributed by atoms with Crippen LogP contribution in [0.2, 0.25) is 0 Å². The Hall–Kier alpha value is -3.64. The second-order valence-corrected chi connectivity index (χ2v) is 14.7. The van der Waals surface area contributed by atoms with E-state index < -0.39 is 39.6 Å². The number of hydrogen-bond donors (Lipinski definition) is 1. The van der Waals surface area contributed by atoms with Crippen molar-refractivity contribution in [2.75, 3.05) is 33.4 Å². The number of likely N-dealkylation sites (tertiary alicyclic amines) is 1. The van der Waals surface area contributed by atoms with E-state index in [1.807, 2.05) is 39.8 Å². The fourth-order valence-corrected chi connectivity index (χ4v) is 7.26. The van der Waals surface area contributed by atoms with Crippen LogP contribution in [-0.4, -0.2) is 86.6 Å². The molecule has 0 aliphatic carbocycles. The standard InChI is InChI=1S/C33H45N3O8S/c1-23-10-16-27(17-11-23)45(40,41)36-19-7-9-29(36)30(37)34-28(31(38)42-5)20-24-12-14-26(15-13-24)43-22-25-8-6-18-35(21-25)32(39)44-33(2,3)4/h10-17,25,28-29H,6-9,18-22H2,1-5H3,(H,34,37)/t25?,28-,29-/m0/s1. The summed E-state index contributed by atoms with van der Waals surface area (Å²) < 4.78 is 44.4. The van der Waals surface area contributed by atoms with Crippen molar-refractivity contribution in [3.63, 3.8) is 0 Å². The van der Waals surface area contributed by atoms with E-state index in [1.165, 1.54) is 23.5 Å². The zero-order valence-electron chi connectivity index (χ0n) is 26.8. The number of methoxy groups -OCH3 is 1. The lowest BCUT2D eigenvalue weighted by Crippen LogP contribution is -2.51. The first kappa shape index (κ1) is 34.2. The molecule has 45 heavy (non-hydrogen) atoms. The molecule has 2 amide bonds. The molecule has 1 unspecified atom stereocenters. The minimum atomic E-state index is -3.89. The molecule has 2 aliphatic rings. The highest BCUT2D eigenvalue weighted by Crippen LogP contribution is 2.27. The maximum absolute atomic E-state index is 13.4. The van der Waals surface area contributed by atoms with E-state index in [1.54, 1.807) is 29.2 Å². The van der Waals surface area contributed by atoms with Crippen LogP contribution in [0.5, 0.6) is 5.75 Å². The Morgan fingerprint density at radius 2 is 1.64 bits per heavy atom. The number of aryl methyl sites for hydroxylation is 1. The van der Waals surface area contributed by atoms with Gasteiger partial charge < -0.3 is 24.4 Å². The summed E-state index contributed by atoms with van der Waals surface area (Å²) in [6.07, 6.45) is 2.56. The first-order valence-electron chi connectivity index (χ1n) is 15.4. The molecule has 12 heteroatoms. The van der Waals surface area contributed by atoms with E-state index in [2.05, 4.69) is 5.32 Å². The summed E-state index contributed by atoms with van der Waals surface area (Å²) in [7, 11) is -2.64. The summed E-state index contributed by atoms with van der Waals surface area (Å²) in [5, 5.41) is 2.74. The Morgan fingerprint density at radius 3 is 2.29 bits per heavy atom. The van der Waals surface area contributed by atoms with Crippen LogP contribution in [0.1, 0.15) is 57.6 Å². The highest BCUT2D eigenvalue weighted by atomic mass is 32.2. The van der Waals surface area contributed by atoms with Gasteiger partial charge in [0.15, 0.2) is 0 Å². The fraction of sp³-hybridized carbons (Fsp3) is 0.545. The Morgan fingerprint density at radius 1 is 0.978 bits per heavy atom. The predicted octanol–water partition coefficient (Wildman–Crippen LogP) is 4.07. The predicted molar refractivity (Wildman–Crippen MR) is 168 cm³/mol. The molecule has 2 aromatic rings. The highest BCUT2D eigenvalue weighted by Gasteiger charge is 2.40. The molecule has 0 radical (unpaired) electrons.